The molecule has 0 fully saturated rings. The van der Waals surface area contributed by atoms with E-state index in [0.29, 0.717) is 12.5 Å². The van der Waals surface area contributed by atoms with Crippen molar-refractivity contribution in [2.45, 2.75) is 26.2 Å². The maximum atomic E-state index is 5.92. The summed E-state index contributed by atoms with van der Waals surface area (Å²) in [7, 11) is 1.70. The molecule has 21 heavy (non-hydrogen) atoms. The largest absolute Gasteiger partial charge is 0.383 e. The maximum absolute atomic E-state index is 5.92. The minimum Gasteiger partial charge on any atom is -0.383 e. The van der Waals surface area contributed by atoms with Gasteiger partial charge in [0, 0.05) is 43.9 Å². The summed E-state index contributed by atoms with van der Waals surface area (Å²) < 4.78 is 7.06. The molecule has 0 aromatic carbocycles. The van der Waals surface area contributed by atoms with Gasteiger partial charge in [-0.2, -0.15) is 5.10 Å². The Kier molecular flexibility index (Phi) is 5.06. The SMILES string of the molecule is COCCN(CCCl)c1nccn2nc(C(C)(C)C)cc12. The average Bonchev–Trinajstić information content (AvgIpc) is 2.87. The fourth-order valence-corrected chi connectivity index (χ4v) is 2.35. The van der Waals surface area contributed by atoms with Crippen LogP contribution >= 0.6 is 11.6 Å². The summed E-state index contributed by atoms with van der Waals surface area (Å²) in [6.45, 7) is 8.59. The smallest absolute Gasteiger partial charge is 0.154 e. The van der Waals surface area contributed by atoms with E-state index in [1.54, 1.807) is 13.3 Å². The van der Waals surface area contributed by atoms with Crippen LogP contribution in [0.2, 0.25) is 0 Å². The van der Waals surface area contributed by atoms with Gasteiger partial charge in [0.2, 0.25) is 0 Å². The Bertz CT molecular complexity index is 591. The molecule has 2 rings (SSSR count). The first kappa shape index (κ1) is 16.0. The molecule has 0 amide bonds. The summed E-state index contributed by atoms with van der Waals surface area (Å²) >= 11 is 5.92. The van der Waals surface area contributed by atoms with E-state index >= 15 is 0 Å². The fraction of sp³-hybridized carbons (Fsp3) is 0.600. The number of hydrogen-bond acceptors (Lipinski definition) is 4. The molecule has 0 atom stereocenters. The van der Waals surface area contributed by atoms with E-state index in [1.165, 1.54) is 0 Å². The lowest BCUT2D eigenvalue weighted by Crippen LogP contribution is -2.30. The number of rotatable bonds is 6. The van der Waals surface area contributed by atoms with Gasteiger partial charge < -0.3 is 9.64 Å². The Morgan fingerprint density at radius 2 is 2.10 bits per heavy atom. The van der Waals surface area contributed by atoms with Crippen LogP contribution in [0.3, 0.4) is 0 Å². The third-order valence-electron chi connectivity index (χ3n) is 3.36. The summed E-state index contributed by atoms with van der Waals surface area (Å²) in [5.74, 6) is 1.45. The van der Waals surface area contributed by atoms with Crippen LogP contribution in [0.5, 0.6) is 0 Å². The number of alkyl halides is 1. The van der Waals surface area contributed by atoms with E-state index in [4.69, 9.17) is 16.3 Å². The number of nitrogens with zero attached hydrogens (tertiary/aromatic N) is 4. The topological polar surface area (TPSA) is 42.7 Å². The first-order valence-corrected chi connectivity index (χ1v) is 7.65. The molecule has 0 aliphatic carbocycles. The van der Waals surface area contributed by atoms with Gasteiger partial charge in [-0.1, -0.05) is 20.8 Å². The third-order valence-corrected chi connectivity index (χ3v) is 3.53. The van der Waals surface area contributed by atoms with Crippen molar-refractivity contribution >= 4 is 22.9 Å². The lowest BCUT2D eigenvalue weighted by atomic mass is 9.92. The Labute approximate surface area is 130 Å². The molecule has 0 unspecified atom stereocenters. The number of ether oxygens (including phenoxy) is 1. The van der Waals surface area contributed by atoms with Gasteiger partial charge in [-0.15, -0.1) is 11.6 Å². The number of anilines is 1. The Balaban J connectivity index is 2.44. The van der Waals surface area contributed by atoms with Crippen LogP contribution in [0.15, 0.2) is 18.5 Å². The summed E-state index contributed by atoms with van der Waals surface area (Å²) in [6.07, 6.45) is 3.65. The van der Waals surface area contributed by atoms with Gasteiger partial charge in [-0.25, -0.2) is 9.50 Å². The van der Waals surface area contributed by atoms with Crippen molar-refractivity contribution in [3.63, 3.8) is 0 Å². The van der Waals surface area contributed by atoms with Gasteiger partial charge >= 0.3 is 0 Å². The average molecular weight is 311 g/mol. The molecule has 0 saturated heterocycles. The number of methoxy groups -OCH3 is 1. The predicted molar refractivity (Wildman–Crippen MR) is 86.5 cm³/mol. The third kappa shape index (κ3) is 3.66. The lowest BCUT2D eigenvalue weighted by molar-refractivity contribution is 0.205. The molecule has 6 heteroatoms. The highest BCUT2D eigenvalue weighted by molar-refractivity contribution is 6.18. The van der Waals surface area contributed by atoms with Crippen molar-refractivity contribution in [3.05, 3.63) is 24.2 Å². The van der Waals surface area contributed by atoms with Gasteiger partial charge in [0.1, 0.15) is 5.52 Å². The molecular formula is C15H23ClN4O. The summed E-state index contributed by atoms with van der Waals surface area (Å²) in [5.41, 5.74) is 2.06. The zero-order valence-electron chi connectivity index (χ0n) is 13.1. The van der Waals surface area contributed by atoms with E-state index in [2.05, 4.69) is 41.8 Å². The number of fused-ring (bicyclic) bond motifs is 1. The summed E-state index contributed by atoms with van der Waals surface area (Å²) in [5, 5.41) is 4.65. The van der Waals surface area contributed by atoms with E-state index in [0.717, 1.165) is 30.1 Å². The van der Waals surface area contributed by atoms with Crippen LogP contribution in [-0.2, 0) is 10.2 Å². The molecule has 0 N–H and O–H groups in total. The highest BCUT2D eigenvalue weighted by atomic mass is 35.5. The fourth-order valence-electron chi connectivity index (χ4n) is 2.15. The molecule has 0 aliphatic heterocycles. The van der Waals surface area contributed by atoms with Gasteiger partial charge in [0.15, 0.2) is 5.82 Å². The molecule has 2 aromatic rings. The quantitative estimate of drug-likeness (QED) is 0.769. The van der Waals surface area contributed by atoms with Gasteiger partial charge in [-0.3, -0.25) is 0 Å². The molecule has 2 heterocycles. The van der Waals surface area contributed by atoms with E-state index in [-0.39, 0.29) is 5.41 Å². The minimum atomic E-state index is 0.00708. The van der Waals surface area contributed by atoms with E-state index in [9.17, 15) is 0 Å². The van der Waals surface area contributed by atoms with Crippen molar-refractivity contribution < 1.29 is 4.74 Å². The van der Waals surface area contributed by atoms with Crippen molar-refractivity contribution in [1.29, 1.82) is 0 Å². The zero-order valence-corrected chi connectivity index (χ0v) is 13.9. The van der Waals surface area contributed by atoms with Crippen molar-refractivity contribution in [2.24, 2.45) is 0 Å². The van der Waals surface area contributed by atoms with Crippen LogP contribution in [0.4, 0.5) is 5.82 Å². The molecule has 2 aromatic heterocycles. The van der Waals surface area contributed by atoms with Crippen LogP contribution in [0.1, 0.15) is 26.5 Å². The highest BCUT2D eigenvalue weighted by Gasteiger charge is 2.20. The zero-order chi connectivity index (χ0) is 15.5. The van der Waals surface area contributed by atoms with Crippen LogP contribution < -0.4 is 4.90 Å². The molecule has 0 radical (unpaired) electrons. The van der Waals surface area contributed by atoms with Crippen LogP contribution in [0.25, 0.3) is 5.52 Å². The maximum Gasteiger partial charge on any atom is 0.154 e. The normalized spacial score (nSPS) is 12.0. The monoisotopic (exact) mass is 310 g/mol. The van der Waals surface area contributed by atoms with Crippen molar-refractivity contribution in [2.75, 3.05) is 37.6 Å². The number of hydrogen-bond donors (Lipinski definition) is 0. The second-order valence-electron chi connectivity index (χ2n) is 6.03. The first-order valence-electron chi connectivity index (χ1n) is 7.12. The van der Waals surface area contributed by atoms with Gasteiger partial charge in [0.25, 0.3) is 0 Å². The minimum absolute atomic E-state index is 0.00708. The van der Waals surface area contributed by atoms with Crippen LogP contribution in [0, 0.1) is 0 Å². The number of halogens is 1. The molecule has 0 saturated carbocycles. The molecule has 0 bridgehead atoms. The number of aromatic nitrogens is 3. The highest BCUT2D eigenvalue weighted by Crippen LogP contribution is 2.26. The first-order chi connectivity index (χ1) is 9.97. The Hall–Kier alpha value is -1.33. The second-order valence-corrected chi connectivity index (χ2v) is 6.41. The molecule has 0 spiro atoms. The predicted octanol–water partition coefficient (Wildman–Crippen LogP) is 2.72. The second kappa shape index (κ2) is 6.62. The lowest BCUT2D eigenvalue weighted by Gasteiger charge is -2.22. The van der Waals surface area contributed by atoms with Crippen molar-refractivity contribution in [3.8, 4) is 0 Å². The molecule has 5 nitrogen and oxygen atoms in total. The van der Waals surface area contributed by atoms with Crippen molar-refractivity contribution in [1.82, 2.24) is 14.6 Å². The summed E-state index contributed by atoms with van der Waals surface area (Å²) in [4.78, 5) is 6.66. The van der Waals surface area contributed by atoms with Gasteiger partial charge in [0.05, 0.1) is 12.3 Å². The molecule has 116 valence electrons. The molecule has 0 aliphatic rings. The van der Waals surface area contributed by atoms with Crippen LogP contribution in [-0.4, -0.2) is 47.3 Å². The Morgan fingerprint density at radius 3 is 2.71 bits per heavy atom. The Morgan fingerprint density at radius 1 is 1.33 bits per heavy atom. The standard InChI is InChI=1S/C15H23ClN4O/c1-15(2,3)13-11-12-14(17-6-8-20(12)18-13)19(7-5-16)9-10-21-4/h6,8,11H,5,7,9-10H2,1-4H3. The van der Waals surface area contributed by atoms with Gasteiger partial charge in [-0.05, 0) is 6.07 Å². The van der Waals surface area contributed by atoms with E-state index in [1.807, 2.05) is 10.7 Å². The molecular weight excluding hydrogens is 288 g/mol. The summed E-state index contributed by atoms with van der Waals surface area (Å²) in [6, 6.07) is 2.11. The van der Waals surface area contributed by atoms with E-state index < -0.39 is 0 Å².